The lowest BCUT2D eigenvalue weighted by Gasteiger charge is -2.07. The minimum absolute atomic E-state index is 0.0140. The molecule has 1 N–H and O–H groups in total. The quantitative estimate of drug-likeness (QED) is 0.498. The number of rotatable bonds is 7. The van der Waals surface area contributed by atoms with Gasteiger partial charge in [0, 0.05) is 28.3 Å². The Hall–Kier alpha value is -3.61. The monoisotopic (exact) mass is 381 g/mol. The first-order valence-electron chi connectivity index (χ1n) is 8.57. The maximum Gasteiger partial charge on any atom is 0.310 e. The number of nitrogens with one attached hydrogen (secondary N) is 1. The normalized spacial score (nSPS) is 10.5. The van der Waals surface area contributed by atoms with Gasteiger partial charge in [0.25, 0.3) is 5.91 Å². The first kappa shape index (κ1) is 19.2. The summed E-state index contributed by atoms with van der Waals surface area (Å²) in [6.07, 6.45) is 1.47. The number of hydrogen-bond donors (Lipinski definition) is 1. The van der Waals surface area contributed by atoms with E-state index in [1.165, 1.54) is 13.2 Å². The third kappa shape index (κ3) is 4.56. The highest BCUT2D eigenvalue weighted by Crippen LogP contribution is 2.26. The van der Waals surface area contributed by atoms with E-state index in [0.29, 0.717) is 28.1 Å². The van der Waals surface area contributed by atoms with Crippen LogP contribution in [0.1, 0.15) is 22.8 Å². The van der Waals surface area contributed by atoms with Crippen molar-refractivity contribution in [3.05, 3.63) is 59.9 Å². The van der Waals surface area contributed by atoms with Crippen molar-refractivity contribution in [3.8, 4) is 5.75 Å². The lowest BCUT2D eigenvalue weighted by atomic mass is 10.1. The van der Waals surface area contributed by atoms with Crippen LogP contribution in [0.4, 0.5) is 5.69 Å². The molecule has 3 aromatic rings. The molecule has 0 atom stereocenters. The Morgan fingerprint density at radius 2 is 1.82 bits per heavy atom. The van der Waals surface area contributed by atoms with Gasteiger partial charge in [-0.15, -0.1) is 0 Å². The van der Waals surface area contributed by atoms with Crippen LogP contribution in [-0.2, 0) is 20.7 Å². The molecular formula is C21H19NO6. The molecule has 0 radical (unpaired) electrons. The Labute approximate surface area is 161 Å². The molecule has 1 aromatic heterocycles. The molecular weight excluding hydrogens is 362 g/mol. The zero-order chi connectivity index (χ0) is 20.1. The number of carbonyl (C=O) groups excluding carboxylic acids is 3. The van der Waals surface area contributed by atoms with Crippen LogP contribution >= 0.6 is 0 Å². The van der Waals surface area contributed by atoms with E-state index in [0.717, 1.165) is 5.39 Å². The van der Waals surface area contributed by atoms with Crippen molar-refractivity contribution < 1.29 is 28.3 Å². The van der Waals surface area contributed by atoms with Gasteiger partial charge in [0.05, 0.1) is 19.8 Å². The Kier molecular flexibility index (Phi) is 5.74. The Morgan fingerprint density at radius 1 is 1.07 bits per heavy atom. The molecule has 7 heteroatoms. The van der Waals surface area contributed by atoms with E-state index in [1.54, 1.807) is 49.6 Å². The van der Waals surface area contributed by atoms with E-state index in [9.17, 15) is 14.4 Å². The number of esters is 1. The third-order valence-electron chi connectivity index (χ3n) is 4.14. The molecule has 0 aliphatic carbocycles. The summed E-state index contributed by atoms with van der Waals surface area (Å²) in [5.41, 5.74) is 2.34. The lowest BCUT2D eigenvalue weighted by molar-refractivity contribution is -0.146. The van der Waals surface area contributed by atoms with E-state index >= 15 is 0 Å². The summed E-state index contributed by atoms with van der Waals surface area (Å²) in [4.78, 5) is 35.2. The summed E-state index contributed by atoms with van der Waals surface area (Å²) >= 11 is 0. The van der Waals surface area contributed by atoms with Gasteiger partial charge in [0.2, 0.25) is 0 Å². The molecule has 1 heterocycles. The first-order valence-corrected chi connectivity index (χ1v) is 8.57. The molecule has 144 valence electrons. The van der Waals surface area contributed by atoms with E-state index < -0.39 is 18.5 Å². The number of Topliss-reactive ketones (excluding diaryl/α,β-unsaturated/α-hetero) is 1. The van der Waals surface area contributed by atoms with Crippen LogP contribution in [0.25, 0.3) is 11.0 Å². The van der Waals surface area contributed by atoms with Gasteiger partial charge in [-0.3, -0.25) is 14.4 Å². The number of amides is 1. The molecule has 1 amide bonds. The van der Waals surface area contributed by atoms with Crippen LogP contribution in [0.5, 0.6) is 5.75 Å². The number of furan rings is 1. The number of hydrogen-bond acceptors (Lipinski definition) is 6. The van der Waals surface area contributed by atoms with Crippen molar-refractivity contribution >= 4 is 34.3 Å². The second-order valence-corrected chi connectivity index (χ2v) is 6.14. The standard InChI is InChI=1S/C21H19NO6/c1-13(23)14-3-5-16(6-4-14)22-20(24)12-28-21(25)9-15-11-27-19-10-17(26-2)7-8-18(15)19/h3-8,10-11H,9,12H2,1-2H3,(H,22,24). The molecule has 0 spiro atoms. The maximum absolute atomic E-state index is 12.0. The third-order valence-corrected chi connectivity index (χ3v) is 4.14. The summed E-state index contributed by atoms with van der Waals surface area (Å²) < 4.78 is 15.6. The van der Waals surface area contributed by atoms with Crippen LogP contribution in [0.2, 0.25) is 0 Å². The van der Waals surface area contributed by atoms with Crippen molar-refractivity contribution in [1.82, 2.24) is 0 Å². The lowest BCUT2D eigenvalue weighted by Crippen LogP contribution is -2.21. The molecule has 2 aromatic carbocycles. The number of methoxy groups -OCH3 is 1. The predicted octanol–water partition coefficient (Wildman–Crippen LogP) is 3.37. The highest BCUT2D eigenvalue weighted by atomic mass is 16.5. The van der Waals surface area contributed by atoms with Crippen molar-refractivity contribution in [2.45, 2.75) is 13.3 Å². The average Bonchev–Trinajstić information content (AvgIpc) is 3.08. The smallest absolute Gasteiger partial charge is 0.310 e. The van der Waals surface area contributed by atoms with Gasteiger partial charge in [-0.2, -0.15) is 0 Å². The van der Waals surface area contributed by atoms with Crippen LogP contribution in [-0.4, -0.2) is 31.4 Å². The van der Waals surface area contributed by atoms with Gasteiger partial charge in [-0.05, 0) is 43.3 Å². The highest BCUT2D eigenvalue weighted by molar-refractivity contribution is 5.96. The minimum Gasteiger partial charge on any atom is -0.497 e. The molecule has 0 aliphatic rings. The molecule has 0 aliphatic heterocycles. The summed E-state index contributed by atoms with van der Waals surface area (Å²) in [5, 5.41) is 3.39. The van der Waals surface area contributed by atoms with Crippen molar-refractivity contribution in [2.24, 2.45) is 0 Å². The molecule has 0 saturated carbocycles. The van der Waals surface area contributed by atoms with E-state index in [2.05, 4.69) is 5.32 Å². The summed E-state index contributed by atoms with van der Waals surface area (Å²) in [5.74, 6) is -0.410. The van der Waals surface area contributed by atoms with Crippen LogP contribution < -0.4 is 10.1 Å². The molecule has 3 rings (SSSR count). The zero-order valence-corrected chi connectivity index (χ0v) is 15.5. The SMILES string of the molecule is COc1ccc2c(CC(=O)OCC(=O)Nc3ccc(C(C)=O)cc3)coc2c1. The number of ketones is 1. The number of fused-ring (bicyclic) bond motifs is 1. The van der Waals surface area contributed by atoms with Gasteiger partial charge in [0.15, 0.2) is 12.4 Å². The van der Waals surface area contributed by atoms with Gasteiger partial charge in [-0.1, -0.05) is 0 Å². The van der Waals surface area contributed by atoms with Crippen molar-refractivity contribution in [3.63, 3.8) is 0 Å². The number of benzene rings is 2. The van der Waals surface area contributed by atoms with E-state index in [-0.39, 0.29) is 12.2 Å². The Bertz CT molecular complexity index is 1020. The zero-order valence-electron chi connectivity index (χ0n) is 15.5. The Morgan fingerprint density at radius 3 is 2.50 bits per heavy atom. The second-order valence-electron chi connectivity index (χ2n) is 6.14. The molecule has 28 heavy (non-hydrogen) atoms. The minimum atomic E-state index is -0.541. The van der Waals surface area contributed by atoms with Crippen molar-refractivity contribution in [1.29, 1.82) is 0 Å². The maximum atomic E-state index is 12.0. The summed E-state index contributed by atoms with van der Waals surface area (Å²) in [7, 11) is 1.56. The van der Waals surface area contributed by atoms with Gasteiger partial charge in [0.1, 0.15) is 11.3 Å². The first-order chi connectivity index (χ1) is 13.5. The fraction of sp³-hybridized carbons (Fsp3) is 0.190. The predicted molar refractivity (Wildman–Crippen MR) is 103 cm³/mol. The average molecular weight is 381 g/mol. The second kappa shape index (κ2) is 8.39. The number of anilines is 1. The van der Waals surface area contributed by atoms with Gasteiger partial charge < -0.3 is 19.2 Å². The molecule has 0 bridgehead atoms. The van der Waals surface area contributed by atoms with Crippen LogP contribution in [0.15, 0.2) is 53.1 Å². The van der Waals surface area contributed by atoms with Crippen molar-refractivity contribution in [2.75, 3.05) is 19.0 Å². The molecule has 7 nitrogen and oxygen atoms in total. The van der Waals surface area contributed by atoms with Crippen LogP contribution in [0.3, 0.4) is 0 Å². The summed E-state index contributed by atoms with van der Waals surface area (Å²) in [6, 6.07) is 11.8. The fourth-order valence-electron chi connectivity index (χ4n) is 2.67. The van der Waals surface area contributed by atoms with E-state index in [4.69, 9.17) is 13.9 Å². The molecule has 0 fully saturated rings. The Balaban J connectivity index is 1.52. The number of ether oxygens (including phenoxy) is 2. The van der Waals surface area contributed by atoms with Crippen LogP contribution in [0, 0.1) is 0 Å². The highest BCUT2D eigenvalue weighted by Gasteiger charge is 2.14. The fourth-order valence-corrected chi connectivity index (χ4v) is 2.67. The summed E-state index contributed by atoms with van der Waals surface area (Å²) in [6.45, 7) is 1.06. The molecule has 0 unspecified atom stereocenters. The van der Waals surface area contributed by atoms with E-state index in [1.807, 2.05) is 0 Å². The topological polar surface area (TPSA) is 94.8 Å². The largest absolute Gasteiger partial charge is 0.497 e. The number of carbonyl (C=O) groups is 3. The van der Waals surface area contributed by atoms with Gasteiger partial charge in [-0.25, -0.2) is 0 Å². The van der Waals surface area contributed by atoms with Gasteiger partial charge >= 0.3 is 5.97 Å². The molecule has 0 saturated heterocycles.